The molecular formula is C11H21NaO4. The minimum absolute atomic E-state index is 0. The first-order valence-electron chi connectivity index (χ1n) is 5.50. The van der Waals surface area contributed by atoms with Crippen LogP contribution in [0.5, 0.6) is 0 Å². The van der Waals surface area contributed by atoms with Crippen molar-refractivity contribution >= 4 is 11.9 Å². The zero-order valence-electron chi connectivity index (χ0n) is 11.5. The van der Waals surface area contributed by atoms with E-state index in [2.05, 4.69) is 11.7 Å². The fourth-order valence-electron chi connectivity index (χ4n) is 1.12. The van der Waals surface area contributed by atoms with Gasteiger partial charge in [0.1, 0.15) is 6.10 Å². The first-order valence-corrected chi connectivity index (χ1v) is 5.50. The molecule has 0 heterocycles. The van der Waals surface area contributed by atoms with Crippen molar-refractivity contribution in [2.75, 3.05) is 0 Å². The van der Waals surface area contributed by atoms with Crippen LogP contribution in [-0.2, 0) is 14.3 Å². The molecule has 0 aliphatic rings. The van der Waals surface area contributed by atoms with E-state index in [4.69, 9.17) is 5.11 Å². The summed E-state index contributed by atoms with van der Waals surface area (Å²) in [6, 6.07) is 0. The molecule has 0 radical (unpaired) electrons. The predicted molar refractivity (Wildman–Crippen MR) is 57.3 cm³/mol. The summed E-state index contributed by atoms with van der Waals surface area (Å²) in [7, 11) is 0. The van der Waals surface area contributed by atoms with Gasteiger partial charge in [-0.25, -0.2) is 4.79 Å². The van der Waals surface area contributed by atoms with Crippen LogP contribution in [-0.4, -0.2) is 23.1 Å². The summed E-state index contributed by atoms with van der Waals surface area (Å²) in [5, 5.41) is 8.78. The van der Waals surface area contributed by atoms with Gasteiger partial charge in [0.2, 0.25) is 0 Å². The molecule has 0 aromatic heterocycles. The summed E-state index contributed by atoms with van der Waals surface area (Å²) in [6.45, 7) is 3.40. The molecule has 0 saturated heterocycles. The minimum atomic E-state index is -1.23. The quantitative estimate of drug-likeness (QED) is 0.266. The molecule has 0 rings (SSSR count). The number of aliphatic hydroxyl groups is 1. The predicted octanol–water partition coefficient (Wildman–Crippen LogP) is -1.09. The molecule has 0 saturated carbocycles. The van der Waals surface area contributed by atoms with E-state index in [1.54, 1.807) is 0 Å². The number of carbonyl (C=O) groups excluding carboxylic acids is 2. The summed E-state index contributed by atoms with van der Waals surface area (Å²) >= 11 is 0. The average Bonchev–Trinajstić information content (AvgIpc) is 2.17. The third-order valence-electron chi connectivity index (χ3n) is 2.04. The molecule has 90 valence electrons. The Morgan fingerprint density at radius 1 is 1.25 bits per heavy atom. The van der Waals surface area contributed by atoms with Gasteiger partial charge in [0, 0.05) is 6.42 Å². The van der Waals surface area contributed by atoms with E-state index >= 15 is 0 Å². The number of rotatable bonds is 7. The SMILES string of the molecule is CCCCCCCC(=O)OC(=O)C(C)O.[H-].[Na+]. The average molecular weight is 240 g/mol. The van der Waals surface area contributed by atoms with Crippen LogP contribution in [0.15, 0.2) is 0 Å². The standard InChI is InChI=1S/C11H20O4.Na.H/c1-3-4-5-6-7-8-10(13)15-11(14)9(2)12;;/h9,12H,3-8H2,1-2H3;;/q;+1;-1. The molecule has 0 spiro atoms. The molecule has 0 fully saturated rings. The minimum Gasteiger partial charge on any atom is -1.00 e. The maximum absolute atomic E-state index is 11.0. The van der Waals surface area contributed by atoms with Crippen LogP contribution in [0.3, 0.4) is 0 Å². The van der Waals surface area contributed by atoms with Crippen LogP contribution in [0, 0.1) is 0 Å². The fourth-order valence-corrected chi connectivity index (χ4v) is 1.12. The number of unbranched alkanes of at least 4 members (excludes halogenated alkanes) is 4. The second kappa shape index (κ2) is 11.6. The van der Waals surface area contributed by atoms with Gasteiger partial charge in [-0.3, -0.25) is 4.79 Å². The van der Waals surface area contributed by atoms with E-state index in [0.29, 0.717) is 0 Å². The molecule has 5 heteroatoms. The van der Waals surface area contributed by atoms with Crippen molar-refractivity contribution in [3.63, 3.8) is 0 Å². The number of carbonyl (C=O) groups is 2. The van der Waals surface area contributed by atoms with Crippen molar-refractivity contribution in [3.05, 3.63) is 0 Å². The van der Waals surface area contributed by atoms with E-state index in [0.717, 1.165) is 25.7 Å². The van der Waals surface area contributed by atoms with Gasteiger partial charge in [0.15, 0.2) is 0 Å². The van der Waals surface area contributed by atoms with E-state index in [-0.39, 0.29) is 37.4 Å². The molecule has 0 bridgehead atoms. The van der Waals surface area contributed by atoms with Crippen LogP contribution in [0.4, 0.5) is 0 Å². The van der Waals surface area contributed by atoms with Crippen LogP contribution < -0.4 is 29.6 Å². The monoisotopic (exact) mass is 240 g/mol. The number of ether oxygens (including phenoxy) is 1. The van der Waals surface area contributed by atoms with E-state index in [1.165, 1.54) is 13.3 Å². The zero-order chi connectivity index (χ0) is 11.7. The molecule has 1 unspecified atom stereocenters. The third-order valence-corrected chi connectivity index (χ3v) is 2.04. The van der Waals surface area contributed by atoms with Crippen molar-refractivity contribution < 1.29 is 50.4 Å². The Bertz CT molecular complexity index is 210. The van der Waals surface area contributed by atoms with Crippen molar-refractivity contribution in [1.29, 1.82) is 0 Å². The van der Waals surface area contributed by atoms with Crippen LogP contribution in [0.25, 0.3) is 0 Å². The normalized spacial score (nSPS) is 11.4. The van der Waals surface area contributed by atoms with Crippen molar-refractivity contribution in [2.45, 2.75) is 58.5 Å². The van der Waals surface area contributed by atoms with Crippen LogP contribution in [0.2, 0.25) is 0 Å². The molecule has 0 aromatic carbocycles. The Hall–Kier alpha value is 0.1000. The van der Waals surface area contributed by atoms with Crippen molar-refractivity contribution in [2.24, 2.45) is 0 Å². The molecule has 16 heavy (non-hydrogen) atoms. The van der Waals surface area contributed by atoms with Gasteiger partial charge < -0.3 is 11.3 Å². The number of aliphatic hydroxyl groups excluding tert-OH is 1. The van der Waals surface area contributed by atoms with Gasteiger partial charge in [0.25, 0.3) is 0 Å². The van der Waals surface area contributed by atoms with E-state index in [1.807, 2.05) is 0 Å². The summed E-state index contributed by atoms with van der Waals surface area (Å²) in [4.78, 5) is 21.8. The Labute approximate surface area is 121 Å². The Morgan fingerprint density at radius 3 is 2.31 bits per heavy atom. The smallest absolute Gasteiger partial charge is 1.00 e. The molecule has 0 aliphatic heterocycles. The fraction of sp³-hybridized carbons (Fsp3) is 0.818. The van der Waals surface area contributed by atoms with Crippen molar-refractivity contribution in [1.82, 2.24) is 0 Å². The van der Waals surface area contributed by atoms with Gasteiger partial charge in [-0.2, -0.15) is 0 Å². The summed E-state index contributed by atoms with van der Waals surface area (Å²) < 4.78 is 4.39. The number of hydrogen-bond donors (Lipinski definition) is 1. The van der Waals surface area contributed by atoms with Gasteiger partial charge in [0.05, 0.1) is 0 Å². The van der Waals surface area contributed by atoms with Crippen LogP contribution >= 0.6 is 0 Å². The molecule has 1 N–H and O–H groups in total. The Morgan fingerprint density at radius 2 is 1.81 bits per heavy atom. The second-order valence-corrected chi connectivity index (χ2v) is 3.63. The maximum Gasteiger partial charge on any atom is 1.00 e. The molecule has 0 aliphatic carbocycles. The van der Waals surface area contributed by atoms with Gasteiger partial charge in [-0.05, 0) is 13.3 Å². The Kier molecular flexibility index (Phi) is 13.4. The molecule has 4 nitrogen and oxygen atoms in total. The van der Waals surface area contributed by atoms with E-state index in [9.17, 15) is 9.59 Å². The summed E-state index contributed by atoms with van der Waals surface area (Å²) in [5.41, 5.74) is 0. The first-order chi connectivity index (χ1) is 7.07. The molecule has 0 aromatic rings. The molecular weight excluding hydrogens is 219 g/mol. The third kappa shape index (κ3) is 10.6. The zero-order valence-corrected chi connectivity index (χ0v) is 12.5. The van der Waals surface area contributed by atoms with Gasteiger partial charge in [-0.1, -0.05) is 32.6 Å². The summed E-state index contributed by atoms with van der Waals surface area (Å²) in [6.07, 6.45) is 4.18. The number of hydrogen-bond acceptors (Lipinski definition) is 4. The van der Waals surface area contributed by atoms with Crippen molar-refractivity contribution in [3.8, 4) is 0 Å². The number of esters is 2. The first kappa shape index (κ1) is 18.5. The van der Waals surface area contributed by atoms with Gasteiger partial charge in [-0.15, -0.1) is 0 Å². The summed E-state index contributed by atoms with van der Waals surface area (Å²) in [5.74, 6) is -1.41. The molecule has 1 atom stereocenters. The van der Waals surface area contributed by atoms with Gasteiger partial charge >= 0.3 is 41.5 Å². The second-order valence-electron chi connectivity index (χ2n) is 3.63. The maximum atomic E-state index is 11.0. The van der Waals surface area contributed by atoms with Crippen LogP contribution in [0.1, 0.15) is 53.8 Å². The topological polar surface area (TPSA) is 63.6 Å². The van der Waals surface area contributed by atoms with E-state index < -0.39 is 18.0 Å². The Balaban J connectivity index is -0.000000980. The largest absolute Gasteiger partial charge is 1.00 e. The molecule has 0 amide bonds.